The second-order valence-corrected chi connectivity index (χ2v) is 7.19. The normalized spacial score (nSPS) is 10.8. The first kappa shape index (κ1) is 20.3. The molecule has 1 N–H and O–H groups in total. The van der Waals surface area contributed by atoms with E-state index in [-0.39, 0.29) is 11.6 Å². The van der Waals surface area contributed by atoms with Gasteiger partial charge in [-0.1, -0.05) is 12.1 Å². The van der Waals surface area contributed by atoms with E-state index in [1.54, 1.807) is 30.5 Å². The number of carbonyl (C=O) groups is 1. The highest BCUT2D eigenvalue weighted by Gasteiger charge is 2.11. The van der Waals surface area contributed by atoms with Gasteiger partial charge < -0.3 is 14.5 Å². The molecule has 0 aliphatic carbocycles. The van der Waals surface area contributed by atoms with Crippen LogP contribution in [0.4, 0.5) is 15.9 Å². The van der Waals surface area contributed by atoms with Crippen molar-refractivity contribution in [2.24, 2.45) is 0 Å². The van der Waals surface area contributed by atoms with Crippen LogP contribution in [0, 0.1) is 5.82 Å². The molecule has 0 unspecified atom stereocenters. The van der Waals surface area contributed by atoms with Crippen molar-refractivity contribution in [3.8, 4) is 17.2 Å². The number of aldehydes is 1. The first-order valence-corrected chi connectivity index (χ1v) is 10.1. The standard InChI is InChI=1S/C25H17FN4O3/c26-17-3-1-16(2-4-17)14-32-19-7-5-18(6-8-19)30-25-21-11-22(24-10-9-20(13-31)33-24)27-12-23(21)28-15-29-25/h1-13,15H,14H2,(H,28,29,30). The van der Waals surface area contributed by atoms with Crippen LogP contribution in [0.5, 0.6) is 5.75 Å². The number of halogens is 1. The van der Waals surface area contributed by atoms with Gasteiger partial charge in [-0.05, 0) is 60.2 Å². The number of rotatable bonds is 7. The number of nitrogens with zero attached hydrogens (tertiary/aromatic N) is 3. The Balaban J connectivity index is 1.34. The molecule has 0 fully saturated rings. The van der Waals surface area contributed by atoms with Crippen LogP contribution in [0.15, 0.2) is 83.7 Å². The summed E-state index contributed by atoms with van der Waals surface area (Å²) in [4.78, 5) is 23.9. The summed E-state index contributed by atoms with van der Waals surface area (Å²) < 4.78 is 24.3. The van der Waals surface area contributed by atoms with Gasteiger partial charge in [0.2, 0.25) is 0 Å². The van der Waals surface area contributed by atoms with E-state index >= 15 is 0 Å². The highest BCUT2D eigenvalue weighted by atomic mass is 19.1. The molecule has 3 aromatic heterocycles. The average Bonchev–Trinajstić information content (AvgIpc) is 3.34. The number of benzene rings is 2. The van der Waals surface area contributed by atoms with Gasteiger partial charge >= 0.3 is 0 Å². The zero-order chi connectivity index (χ0) is 22.6. The molecule has 33 heavy (non-hydrogen) atoms. The van der Waals surface area contributed by atoms with Gasteiger partial charge in [-0.3, -0.25) is 9.78 Å². The molecule has 5 rings (SSSR count). The number of furan rings is 1. The fourth-order valence-electron chi connectivity index (χ4n) is 3.27. The van der Waals surface area contributed by atoms with Crippen LogP contribution in [0.2, 0.25) is 0 Å². The third-order valence-corrected chi connectivity index (χ3v) is 4.95. The van der Waals surface area contributed by atoms with Crippen molar-refractivity contribution in [3.63, 3.8) is 0 Å². The van der Waals surface area contributed by atoms with Gasteiger partial charge in [-0.2, -0.15) is 0 Å². The van der Waals surface area contributed by atoms with E-state index in [4.69, 9.17) is 9.15 Å². The lowest BCUT2D eigenvalue weighted by molar-refractivity contribution is 0.110. The van der Waals surface area contributed by atoms with Crippen LogP contribution in [-0.4, -0.2) is 21.2 Å². The molecular weight excluding hydrogens is 423 g/mol. The summed E-state index contributed by atoms with van der Waals surface area (Å²) >= 11 is 0. The van der Waals surface area contributed by atoms with E-state index in [0.717, 1.165) is 16.6 Å². The van der Waals surface area contributed by atoms with Crippen molar-refractivity contribution in [1.82, 2.24) is 15.0 Å². The van der Waals surface area contributed by atoms with Gasteiger partial charge in [0.05, 0.1) is 11.7 Å². The number of pyridine rings is 1. The van der Waals surface area contributed by atoms with Crippen LogP contribution < -0.4 is 10.1 Å². The second kappa shape index (κ2) is 8.88. The largest absolute Gasteiger partial charge is 0.489 e. The van der Waals surface area contributed by atoms with Gasteiger partial charge in [0.25, 0.3) is 0 Å². The van der Waals surface area contributed by atoms with E-state index in [1.165, 1.54) is 18.5 Å². The van der Waals surface area contributed by atoms with Crippen molar-refractivity contribution >= 4 is 28.7 Å². The van der Waals surface area contributed by atoms with E-state index in [1.807, 2.05) is 30.3 Å². The topological polar surface area (TPSA) is 90.1 Å². The van der Waals surface area contributed by atoms with Crippen molar-refractivity contribution in [1.29, 1.82) is 0 Å². The Morgan fingerprint density at radius 2 is 1.79 bits per heavy atom. The minimum atomic E-state index is -0.274. The Morgan fingerprint density at radius 1 is 0.970 bits per heavy atom. The maximum absolute atomic E-state index is 13.0. The number of carbonyl (C=O) groups excluding carboxylic acids is 1. The maximum Gasteiger partial charge on any atom is 0.185 e. The molecule has 0 amide bonds. The molecule has 0 atom stereocenters. The molecular formula is C25H17FN4O3. The lowest BCUT2D eigenvalue weighted by atomic mass is 10.2. The zero-order valence-corrected chi connectivity index (χ0v) is 17.2. The molecule has 0 bridgehead atoms. The number of ether oxygens (including phenoxy) is 1. The lowest BCUT2D eigenvalue weighted by Crippen LogP contribution is -1.98. The van der Waals surface area contributed by atoms with Gasteiger partial charge in [0.1, 0.15) is 36.0 Å². The molecule has 5 aromatic rings. The van der Waals surface area contributed by atoms with Crippen molar-refractivity contribution < 1.29 is 18.3 Å². The monoisotopic (exact) mass is 440 g/mol. The smallest absolute Gasteiger partial charge is 0.185 e. The quantitative estimate of drug-likeness (QED) is 0.331. The molecule has 0 radical (unpaired) electrons. The van der Waals surface area contributed by atoms with E-state index in [0.29, 0.717) is 41.4 Å². The van der Waals surface area contributed by atoms with Gasteiger partial charge in [0.15, 0.2) is 17.8 Å². The summed E-state index contributed by atoms with van der Waals surface area (Å²) in [6.07, 6.45) is 3.74. The van der Waals surface area contributed by atoms with Crippen LogP contribution >= 0.6 is 0 Å². The predicted octanol–water partition coefficient (Wildman–Crippen LogP) is 5.56. The van der Waals surface area contributed by atoms with Crippen LogP contribution in [0.3, 0.4) is 0 Å². The molecule has 3 heterocycles. The van der Waals surface area contributed by atoms with Crippen molar-refractivity contribution in [2.45, 2.75) is 6.61 Å². The highest BCUT2D eigenvalue weighted by molar-refractivity contribution is 5.92. The van der Waals surface area contributed by atoms with Gasteiger partial charge in [-0.15, -0.1) is 0 Å². The average molecular weight is 440 g/mol. The Morgan fingerprint density at radius 3 is 2.55 bits per heavy atom. The highest BCUT2D eigenvalue weighted by Crippen LogP contribution is 2.28. The summed E-state index contributed by atoms with van der Waals surface area (Å²) in [7, 11) is 0. The van der Waals surface area contributed by atoms with Crippen molar-refractivity contribution in [3.05, 3.63) is 96.4 Å². The molecule has 0 spiro atoms. The molecule has 0 saturated heterocycles. The number of aromatic nitrogens is 3. The van der Waals surface area contributed by atoms with Crippen LogP contribution in [-0.2, 0) is 6.61 Å². The summed E-state index contributed by atoms with van der Waals surface area (Å²) in [6, 6.07) is 18.7. The Hall–Kier alpha value is -4.59. The predicted molar refractivity (Wildman–Crippen MR) is 121 cm³/mol. The Kier molecular flexibility index (Phi) is 5.47. The molecule has 2 aromatic carbocycles. The summed E-state index contributed by atoms with van der Waals surface area (Å²) in [5, 5.41) is 4.04. The molecule has 8 heteroatoms. The van der Waals surface area contributed by atoms with Crippen molar-refractivity contribution in [2.75, 3.05) is 5.32 Å². The number of hydrogen-bond donors (Lipinski definition) is 1. The maximum atomic E-state index is 13.0. The van der Waals surface area contributed by atoms with Gasteiger partial charge in [0, 0.05) is 11.1 Å². The third-order valence-electron chi connectivity index (χ3n) is 4.95. The Labute approximate surface area is 187 Å². The van der Waals surface area contributed by atoms with Crippen LogP contribution in [0.25, 0.3) is 22.4 Å². The summed E-state index contributed by atoms with van der Waals surface area (Å²) in [5.41, 5.74) is 2.92. The second-order valence-electron chi connectivity index (χ2n) is 7.19. The summed E-state index contributed by atoms with van der Waals surface area (Å²) in [5.74, 6) is 1.73. The molecule has 0 aliphatic rings. The fraction of sp³-hybridized carbons (Fsp3) is 0.0400. The lowest BCUT2D eigenvalue weighted by Gasteiger charge is -2.10. The van der Waals surface area contributed by atoms with E-state index in [9.17, 15) is 9.18 Å². The first-order valence-electron chi connectivity index (χ1n) is 10.1. The number of anilines is 2. The first-order chi connectivity index (χ1) is 16.2. The van der Waals surface area contributed by atoms with Gasteiger partial charge in [-0.25, -0.2) is 14.4 Å². The zero-order valence-electron chi connectivity index (χ0n) is 17.2. The minimum absolute atomic E-state index is 0.233. The van der Waals surface area contributed by atoms with E-state index in [2.05, 4.69) is 20.3 Å². The molecule has 0 aliphatic heterocycles. The number of fused-ring (bicyclic) bond motifs is 1. The molecule has 7 nitrogen and oxygen atoms in total. The van der Waals surface area contributed by atoms with E-state index < -0.39 is 0 Å². The Bertz CT molecular complexity index is 1420. The summed E-state index contributed by atoms with van der Waals surface area (Å²) in [6.45, 7) is 0.345. The SMILES string of the molecule is O=Cc1ccc(-c2cc3c(Nc4ccc(OCc5ccc(F)cc5)cc4)ncnc3cn2)o1. The number of hydrogen-bond acceptors (Lipinski definition) is 7. The molecule has 0 saturated carbocycles. The van der Waals surface area contributed by atoms with Crippen LogP contribution in [0.1, 0.15) is 16.1 Å². The molecule has 162 valence electrons. The third kappa shape index (κ3) is 4.54. The minimum Gasteiger partial charge on any atom is -0.489 e. The fourth-order valence-corrected chi connectivity index (χ4v) is 3.27. The number of nitrogens with one attached hydrogen (secondary N) is 1.